The number of hydrogen-bond acceptors (Lipinski definition) is 3. The van der Waals surface area contributed by atoms with Crippen LogP contribution in [0.3, 0.4) is 0 Å². The van der Waals surface area contributed by atoms with E-state index < -0.39 is 0 Å². The molecule has 0 aromatic heterocycles. The molecule has 0 fully saturated rings. The zero-order valence-electron chi connectivity index (χ0n) is 10.5. The van der Waals surface area contributed by atoms with Gasteiger partial charge in [-0.05, 0) is 25.0 Å². The van der Waals surface area contributed by atoms with E-state index in [-0.39, 0.29) is 0 Å². The Labute approximate surface area is 103 Å². The largest absolute Gasteiger partial charge is 0.379 e. The second-order valence-electron chi connectivity index (χ2n) is 4.18. The molecule has 0 amide bonds. The molecule has 0 atom stereocenters. The van der Waals surface area contributed by atoms with Crippen molar-refractivity contribution in [1.82, 2.24) is 0 Å². The van der Waals surface area contributed by atoms with Crippen LogP contribution in [-0.2, 0) is 15.9 Å². The average Bonchev–Trinajstić information content (AvgIpc) is 2.77. The predicted octanol–water partition coefficient (Wildman–Crippen LogP) is 2.10. The Hall–Kier alpha value is -1.06. The van der Waals surface area contributed by atoms with Crippen molar-refractivity contribution in [3.05, 3.63) is 29.8 Å². The summed E-state index contributed by atoms with van der Waals surface area (Å²) in [5.41, 5.74) is 2.84. The molecule has 0 saturated carbocycles. The fourth-order valence-corrected chi connectivity index (χ4v) is 2.18. The number of hydrogen-bond donors (Lipinski definition) is 0. The highest BCUT2D eigenvalue weighted by atomic mass is 16.5. The van der Waals surface area contributed by atoms with Crippen molar-refractivity contribution in [1.29, 1.82) is 0 Å². The zero-order valence-corrected chi connectivity index (χ0v) is 10.5. The van der Waals surface area contributed by atoms with Gasteiger partial charge in [-0.15, -0.1) is 0 Å². The normalized spacial score (nSPS) is 14.1. The molecule has 0 aliphatic carbocycles. The monoisotopic (exact) mass is 235 g/mol. The highest BCUT2D eigenvalue weighted by molar-refractivity contribution is 5.57. The number of fused-ring (bicyclic) bond motifs is 1. The van der Waals surface area contributed by atoms with E-state index in [2.05, 4.69) is 29.2 Å². The summed E-state index contributed by atoms with van der Waals surface area (Å²) in [4.78, 5) is 2.40. The first kappa shape index (κ1) is 12.4. The Morgan fingerprint density at radius 1 is 1.12 bits per heavy atom. The van der Waals surface area contributed by atoms with Crippen LogP contribution in [0, 0.1) is 0 Å². The lowest BCUT2D eigenvalue weighted by Gasteiger charge is -2.19. The van der Waals surface area contributed by atoms with Crippen molar-refractivity contribution in [3.63, 3.8) is 0 Å². The lowest BCUT2D eigenvalue weighted by molar-refractivity contribution is 0.0557. The molecular formula is C14H21NO2. The molecular weight excluding hydrogens is 214 g/mol. The van der Waals surface area contributed by atoms with Gasteiger partial charge in [0.15, 0.2) is 0 Å². The standard InChI is InChI=1S/C14H21NO2/c1-2-16-11-12-17-10-9-15-8-7-13-5-3-4-6-14(13)15/h3-6H,2,7-12H2,1H3. The Balaban J connectivity index is 1.68. The van der Waals surface area contributed by atoms with Gasteiger partial charge in [0.05, 0.1) is 19.8 Å². The van der Waals surface area contributed by atoms with Gasteiger partial charge in [0.2, 0.25) is 0 Å². The van der Waals surface area contributed by atoms with Gasteiger partial charge in [0.25, 0.3) is 0 Å². The highest BCUT2D eigenvalue weighted by Gasteiger charge is 2.17. The van der Waals surface area contributed by atoms with Gasteiger partial charge in [-0.1, -0.05) is 18.2 Å². The fourth-order valence-electron chi connectivity index (χ4n) is 2.18. The van der Waals surface area contributed by atoms with Crippen LogP contribution in [-0.4, -0.2) is 39.5 Å². The lowest BCUT2D eigenvalue weighted by Crippen LogP contribution is -2.25. The van der Waals surface area contributed by atoms with Crippen molar-refractivity contribution in [2.45, 2.75) is 13.3 Å². The van der Waals surface area contributed by atoms with Crippen LogP contribution in [0.1, 0.15) is 12.5 Å². The summed E-state index contributed by atoms with van der Waals surface area (Å²) >= 11 is 0. The molecule has 1 aliphatic heterocycles. The topological polar surface area (TPSA) is 21.7 Å². The molecule has 3 nitrogen and oxygen atoms in total. The minimum atomic E-state index is 0.698. The van der Waals surface area contributed by atoms with Gasteiger partial charge in [-0.25, -0.2) is 0 Å². The van der Waals surface area contributed by atoms with Gasteiger partial charge in [-0.2, -0.15) is 0 Å². The fraction of sp³-hybridized carbons (Fsp3) is 0.571. The Bertz CT molecular complexity index is 341. The molecule has 0 saturated heterocycles. The smallest absolute Gasteiger partial charge is 0.0701 e. The van der Waals surface area contributed by atoms with Crippen LogP contribution in [0.2, 0.25) is 0 Å². The molecule has 1 aliphatic rings. The predicted molar refractivity (Wildman–Crippen MR) is 69.7 cm³/mol. The van der Waals surface area contributed by atoms with Crippen LogP contribution < -0.4 is 4.90 Å². The van der Waals surface area contributed by atoms with E-state index in [1.165, 1.54) is 11.3 Å². The highest BCUT2D eigenvalue weighted by Crippen LogP contribution is 2.26. The summed E-state index contributed by atoms with van der Waals surface area (Å²) in [6.45, 7) is 7.04. The molecule has 94 valence electrons. The third-order valence-corrected chi connectivity index (χ3v) is 3.07. The van der Waals surface area contributed by atoms with E-state index in [0.717, 1.165) is 32.7 Å². The summed E-state index contributed by atoms with van der Waals surface area (Å²) in [7, 11) is 0. The molecule has 0 bridgehead atoms. The average molecular weight is 235 g/mol. The lowest BCUT2D eigenvalue weighted by atomic mass is 10.2. The number of benzene rings is 1. The molecule has 2 rings (SSSR count). The number of anilines is 1. The van der Waals surface area contributed by atoms with E-state index in [9.17, 15) is 0 Å². The maximum Gasteiger partial charge on any atom is 0.0701 e. The summed E-state index contributed by atoms with van der Waals surface area (Å²) < 4.78 is 10.8. The molecule has 3 heteroatoms. The first-order chi connectivity index (χ1) is 8.42. The minimum Gasteiger partial charge on any atom is -0.379 e. The second-order valence-corrected chi connectivity index (χ2v) is 4.18. The van der Waals surface area contributed by atoms with E-state index in [0.29, 0.717) is 13.2 Å². The van der Waals surface area contributed by atoms with Crippen molar-refractivity contribution >= 4 is 5.69 Å². The first-order valence-corrected chi connectivity index (χ1v) is 6.40. The number of nitrogens with zero attached hydrogens (tertiary/aromatic N) is 1. The SMILES string of the molecule is CCOCCOCCN1CCc2ccccc21. The van der Waals surface area contributed by atoms with Crippen LogP contribution >= 0.6 is 0 Å². The van der Waals surface area contributed by atoms with Gasteiger partial charge in [0.1, 0.15) is 0 Å². The van der Waals surface area contributed by atoms with Crippen LogP contribution in [0.15, 0.2) is 24.3 Å². The summed E-state index contributed by atoms with van der Waals surface area (Å²) in [5, 5.41) is 0. The molecule has 0 radical (unpaired) electrons. The number of rotatable bonds is 7. The van der Waals surface area contributed by atoms with Gasteiger partial charge in [-0.3, -0.25) is 0 Å². The van der Waals surface area contributed by atoms with Crippen molar-refractivity contribution in [2.75, 3.05) is 44.4 Å². The quantitative estimate of drug-likeness (QED) is 0.676. The first-order valence-electron chi connectivity index (χ1n) is 6.40. The summed E-state index contributed by atoms with van der Waals surface area (Å²) in [5.74, 6) is 0. The van der Waals surface area contributed by atoms with Crippen LogP contribution in [0.4, 0.5) is 5.69 Å². The van der Waals surface area contributed by atoms with Crippen LogP contribution in [0.25, 0.3) is 0 Å². The molecule has 0 unspecified atom stereocenters. The Morgan fingerprint density at radius 3 is 2.82 bits per heavy atom. The molecule has 1 aromatic carbocycles. The molecule has 0 spiro atoms. The Kier molecular flexibility index (Phi) is 4.83. The molecule has 1 aromatic rings. The van der Waals surface area contributed by atoms with E-state index in [1.807, 2.05) is 6.92 Å². The van der Waals surface area contributed by atoms with Crippen LogP contribution in [0.5, 0.6) is 0 Å². The van der Waals surface area contributed by atoms with Gasteiger partial charge >= 0.3 is 0 Å². The van der Waals surface area contributed by atoms with E-state index >= 15 is 0 Å². The van der Waals surface area contributed by atoms with Crippen molar-refractivity contribution in [2.24, 2.45) is 0 Å². The second kappa shape index (κ2) is 6.62. The molecule has 0 N–H and O–H groups in total. The van der Waals surface area contributed by atoms with Gasteiger partial charge < -0.3 is 14.4 Å². The summed E-state index contributed by atoms with van der Waals surface area (Å²) in [6.07, 6.45) is 1.16. The van der Waals surface area contributed by atoms with Gasteiger partial charge in [0, 0.05) is 25.4 Å². The minimum absolute atomic E-state index is 0.698. The maximum absolute atomic E-state index is 5.55. The van der Waals surface area contributed by atoms with E-state index in [1.54, 1.807) is 0 Å². The molecule has 17 heavy (non-hydrogen) atoms. The number of para-hydroxylation sites is 1. The third-order valence-electron chi connectivity index (χ3n) is 3.07. The zero-order chi connectivity index (χ0) is 11.9. The Morgan fingerprint density at radius 2 is 1.94 bits per heavy atom. The third kappa shape index (κ3) is 3.45. The van der Waals surface area contributed by atoms with E-state index in [4.69, 9.17) is 9.47 Å². The van der Waals surface area contributed by atoms with Crippen molar-refractivity contribution < 1.29 is 9.47 Å². The summed E-state index contributed by atoms with van der Waals surface area (Å²) in [6, 6.07) is 8.63. The molecule has 1 heterocycles. The maximum atomic E-state index is 5.55. The van der Waals surface area contributed by atoms with Crippen molar-refractivity contribution in [3.8, 4) is 0 Å². The number of ether oxygens (including phenoxy) is 2.